The van der Waals surface area contributed by atoms with Gasteiger partial charge in [-0.3, -0.25) is 4.90 Å². The van der Waals surface area contributed by atoms with Crippen LogP contribution in [0.4, 0.5) is 0 Å². The summed E-state index contributed by atoms with van der Waals surface area (Å²) in [4.78, 5) is 6.27. The lowest BCUT2D eigenvalue weighted by Crippen LogP contribution is -2.40. The molecule has 1 aliphatic heterocycles. The van der Waals surface area contributed by atoms with E-state index in [1.807, 2.05) is 10.8 Å². The Morgan fingerprint density at radius 3 is 2.80 bits per heavy atom. The highest BCUT2D eigenvalue weighted by Crippen LogP contribution is 2.04. The third-order valence-electron chi connectivity index (χ3n) is 2.67. The smallest absolute Gasteiger partial charge is 0.118 e. The van der Waals surface area contributed by atoms with Crippen molar-refractivity contribution in [1.29, 1.82) is 0 Å². The molecule has 1 aliphatic rings. The Morgan fingerprint density at radius 2 is 2.13 bits per heavy atom. The minimum Gasteiger partial charge on any atom is -0.616 e. The van der Waals surface area contributed by atoms with Crippen LogP contribution in [0.3, 0.4) is 0 Å². The van der Waals surface area contributed by atoms with Crippen molar-refractivity contribution in [2.45, 2.75) is 13.0 Å². The maximum atomic E-state index is 11.1. The van der Waals surface area contributed by atoms with Gasteiger partial charge in [-0.25, -0.2) is 4.98 Å². The van der Waals surface area contributed by atoms with E-state index in [1.165, 1.54) is 0 Å². The molecule has 0 saturated carbocycles. The van der Waals surface area contributed by atoms with Crippen LogP contribution in [0.25, 0.3) is 0 Å². The van der Waals surface area contributed by atoms with Crippen LogP contribution < -0.4 is 0 Å². The van der Waals surface area contributed by atoms with Gasteiger partial charge in [0.05, 0.1) is 6.33 Å². The van der Waals surface area contributed by atoms with E-state index in [9.17, 15) is 4.55 Å². The van der Waals surface area contributed by atoms with E-state index in [0.29, 0.717) is 0 Å². The predicted octanol–water partition coefficient (Wildman–Crippen LogP) is 0.138. The molecule has 1 aromatic heterocycles. The average molecular weight is 226 g/mol. The summed E-state index contributed by atoms with van der Waals surface area (Å²) in [5.41, 5.74) is 0. The number of rotatable bonds is 4. The SMILES string of the molecule is [O-][S+]1CCN(CCCn2c[c]nc2)CC1. The molecule has 15 heavy (non-hydrogen) atoms. The zero-order valence-corrected chi connectivity index (χ0v) is 9.58. The summed E-state index contributed by atoms with van der Waals surface area (Å²) in [5, 5.41) is 0. The van der Waals surface area contributed by atoms with Gasteiger partial charge in [-0.15, -0.1) is 0 Å². The summed E-state index contributed by atoms with van der Waals surface area (Å²) in [5.74, 6) is 1.69. The van der Waals surface area contributed by atoms with Crippen LogP contribution in [0.1, 0.15) is 6.42 Å². The first-order valence-electron chi connectivity index (χ1n) is 5.30. The zero-order chi connectivity index (χ0) is 10.5. The molecule has 1 radical (unpaired) electrons. The lowest BCUT2D eigenvalue weighted by Gasteiger charge is -2.27. The van der Waals surface area contributed by atoms with E-state index < -0.39 is 11.2 Å². The fraction of sp³-hybridized carbons (Fsp3) is 0.700. The van der Waals surface area contributed by atoms with Crippen LogP contribution in [-0.4, -0.2) is 50.1 Å². The second-order valence-electron chi connectivity index (χ2n) is 3.78. The number of imidazole rings is 1. The quantitative estimate of drug-likeness (QED) is 0.686. The molecule has 1 saturated heterocycles. The fourth-order valence-electron chi connectivity index (χ4n) is 1.75. The topological polar surface area (TPSA) is 44.1 Å². The third kappa shape index (κ3) is 3.52. The molecule has 4 nitrogen and oxygen atoms in total. The Bertz CT molecular complexity index is 270. The van der Waals surface area contributed by atoms with Crippen LogP contribution in [0, 0.1) is 6.20 Å². The molecular formula is C10H16N3OS. The Labute approximate surface area is 93.5 Å². The molecule has 0 atom stereocenters. The number of nitrogens with zero attached hydrogens (tertiary/aromatic N) is 3. The fourth-order valence-corrected chi connectivity index (χ4v) is 2.87. The molecule has 0 amide bonds. The van der Waals surface area contributed by atoms with Crippen LogP contribution in [0.5, 0.6) is 0 Å². The van der Waals surface area contributed by atoms with Crippen molar-refractivity contribution in [3.05, 3.63) is 18.7 Å². The molecule has 5 heteroatoms. The predicted molar refractivity (Wildman–Crippen MR) is 60.0 cm³/mol. The number of aromatic nitrogens is 2. The van der Waals surface area contributed by atoms with Gasteiger partial charge in [-0.05, 0) is 6.42 Å². The third-order valence-corrected chi connectivity index (χ3v) is 3.94. The average Bonchev–Trinajstić information content (AvgIpc) is 2.74. The first-order chi connectivity index (χ1) is 7.34. The van der Waals surface area contributed by atoms with Gasteiger partial charge in [-0.1, -0.05) is 11.2 Å². The molecule has 1 aromatic rings. The summed E-state index contributed by atoms with van der Waals surface area (Å²) >= 11 is -0.558. The molecule has 1 fully saturated rings. The van der Waals surface area contributed by atoms with Gasteiger partial charge in [0.1, 0.15) is 17.7 Å². The van der Waals surface area contributed by atoms with Gasteiger partial charge in [0.2, 0.25) is 0 Å². The van der Waals surface area contributed by atoms with Crippen LogP contribution >= 0.6 is 0 Å². The normalized spacial score (nSPS) is 19.5. The molecule has 0 aliphatic carbocycles. The highest BCUT2D eigenvalue weighted by Gasteiger charge is 2.18. The zero-order valence-electron chi connectivity index (χ0n) is 8.76. The second kappa shape index (κ2) is 5.53. The summed E-state index contributed by atoms with van der Waals surface area (Å²) < 4.78 is 13.2. The van der Waals surface area contributed by atoms with Gasteiger partial charge in [-0.2, -0.15) is 0 Å². The molecule has 0 aromatic carbocycles. The van der Waals surface area contributed by atoms with Crippen molar-refractivity contribution in [2.75, 3.05) is 31.1 Å². The van der Waals surface area contributed by atoms with E-state index in [1.54, 1.807) is 6.33 Å². The Balaban J connectivity index is 1.62. The standard InChI is InChI=1S/C10H16N3OS/c14-15-8-6-12(7-9-15)3-1-4-13-5-2-11-10-13/h5,10H,1,3-4,6-9H2. The first-order valence-corrected chi connectivity index (χ1v) is 6.78. The molecule has 83 valence electrons. The maximum Gasteiger partial charge on any atom is 0.118 e. The maximum absolute atomic E-state index is 11.1. The summed E-state index contributed by atoms with van der Waals surface area (Å²) in [7, 11) is 0. The molecule has 0 bridgehead atoms. The van der Waals surface area contributed by atoms with Gasteiger partial charge >= 0.3 is 0 Å². The molecule has 0 unspecified atom stereocenters. The largest absolute Gasteiger partial charge is 0.616 e. The Kier molecular flexibility index (Phi) is 4.05. The molecule has 2 rings (SSSR count). The number of hydrogen-bond acceptors (Lipinski definition) is 3. The van der Waals surface area contributed by atoms with Crippen LogP contribution in [0.15, 0.2) is 12.5 Å². The second-order valence-corrected chi connectivity index (χ2v) is 5.48. The lowest BCUT2D eigenvalue weighted by molar-refractivity contribution is 0.286. The molecule has 0 N–H and O–H groups in total. The van der Waals surface area contributed by atoms with E-state index in [-0.39, 0.29) is 0 Å². The molecular weight excluding hydrogens is 210 g/mol. The summed E-state index contributed by atoms with van der Waals surface area (Å²) in [6, 6.07) is 0. The van der Waals surface area contributed by atoms with Crippen molar-refractivity contribution < 1.29 is 4.55 Å². The van der Waals surface area contributed by atoms with E-state index >= 15 is 0 Å². The van der Waals surface area contributed by atoms with Gasteiger partial charge in [0, 0.05) is 32.4 Å². The van der Waals surface area contributed by atoms with Gasteiger partial charge < -0.3 is 9.12 Å². The highest BCUT2D eigenvalue weighted by molar-refractivity contribution is 7.91. The Hall–Kier alpha value is -0.520. The van der Waals surface area contributed by atoms with Gasteiger partial charge in [0.15, 0.2) is 0 Å². The molecule has 0 spiro atoms. The minimum absolute atomic E-state index is 0.558. The highest BCUT2D eigenvalue weighted by atomic mass is 32.2. The van der Waals surface area contributed by atoms with Crippen molar-refractivity contribution in [1.82, 2.24) is 14.5 Å². The Morgan fingerprint density at radius 1 is 1.33 bits per heavy atom. The van der Waals surface area contributed by atoms with Gasteiger partial charge in [0.25, 0.3) is 0 Å². The van der Waals surface area contributed by atoms with E-state index in [0.717, 1.165) is 44.1 Å². The lowest BCUT2D eigenvalue weighted by atomic mass is 10.3. The van der Waals surface area contributed by atoms with Crippen molar-refractivity contribution in [3.8, 4) is 0 Å². The molecule has 2 heterocycles. The van der Waals surface area contributed by atoms with Crippen LogP contribution in [-0.2, 0) is 17.7 Å². The van der Waals surface area contributed by atoms with Crippen molar-refractivity contribution in [2.24, 2.45) is 0 Å². The van der Waals surface area contributed by atoms with Crippen molar-refractivity contribution in [3.63, 3.8) is 0 Å². The first kappa shape index (κ1) is 11.0. The van der Waals surface area contributed by atoms with Crippen LogP contribution in [0.2, 0.25) is 0 Å². The van der Waals surface area contributed by atoms with E-state index in [4.69, 9.17) is 0 Å². The monoisotopic (exact) mass is 226 g/mol. The summed E-state index contributed by atoms with van der Waals surface area (Å²) in [6.07, 6.45) is 7.57. The minimum atomic E-state index is -0.558. The number of hydrogen-bond donors (Lipinski definition) is 0. The van der Waals surface area contributed by atoms with Crippen molar-refractivity contribution >= 4 is 11.2 Å². The van der Waals surface area contributed by atoms with E-state index in [2.05, 4.69) is 16.1 Å². The summed E-state index contributed by atoms with van der Waals surface area (Å²) in [6.45, 7) is 4.07. The number of aryl methyl sites for hydroxylation is 1.